The molecule has 0 unspecified atom stereocenters. The molecule has 0 aromatic heterocycles. The van der Waals surface area contributed by atoms with Gasteiger partial charge in [0.15, 0.2) is 0 Å². The monoisotopic (exact) mass is 149 g/mol. The first-order valence-corrected chi connectivity index (χ1v) is 3.11. The highest BCUT2D eigenvalue weighted by Gasteiger charge is 2.13. The van der Waals surface area contributed by atoms with Gasteiger partial charge in [-0.05, 0) is 6.92 Å². The Morgan fingerprint density at radius 2 is 2.11 bits per heavy atom. The smallest absolute Gasteiger partial charge is 0.316 e. The van der Waals surface area contributed by atoms with Crippen LogP contribution in [0.25, 0.3) is 0 Å². The van der Waals surface area contributed by atoms with Gasteiger partial charge in [0.1, 0.15) is 5.25 Å². The van der Waals surface area contributed by atoms with Crippen LogP contribution in [0.1, 0.15) is 6.92 Å². The van der Waals surface area contributed by atoms with Gasteiger partial charge >= 0.3 is 5.97 Å². The van der Waals surface area contributed by atoms with Crippen molar-refractivity contribution >= 4 is 23.0 Å². The molecule has 0 aliphatic heterocycles. The fourth-order valence-corrected chi connectivity index (χ4v) is 0.674. The Labute approximate surface area is 56.4 Å². The normalized spacial score (nSPS) is 12.6. The van der Waals surface area contributed by atoms with Crippen LogP contribution in [0.5, 0.6) is 0 Å². The van der Waals surface area contributed by atoms with Crippen LogP contribution in [0.2, 0.25) is 0 Å². The van der Waals surface area contributed by atoms with Gasteiger partial charge in [-0.3, -0.25) is 9.59 Å². The molecule has 4 nitrogen and oxygen atoms in total. The predicted molar refractivity (Wildman–Crippen MR) is 34.3 cm³/mol. The minimum absolute atomic E-state index is 0.602. The molecule has 0 heterocycles. The summed E-state index contributed by atoms with van der Waals surface area (Å²) in [5.74, 6) is -1.03. The summed E-state index contributed by atoms with van der Waals surface area (Å²) in [4.78, 5) is 20.0. The Morgan fingerprint density at radius 3 is 2.22 bits per heavy atom. The molecule has 0 radical (unpaired) electrons. The Morgan fingerprint density at radius 1 is 1.67 bits per heavy atom. The fourth-order valence-electron chi connectivity index (χ4n) is 0.225. The van der Waals surface area contributed by atoms with E-state index in [1.165, 1.54) is 6.92 Å². The van der Waals surface area contributed by atoms with Crippen LogP contribution in [0.15, 0.2) is 0 Å². The second kappa shape index (κ2) is 3.34. The number of hydrogen-bond donors (Lipinski definition) is 2. The van der Waals surface area contributed by atoms with Gasteiger partial charge < -0.3 is 10.8 Å². The molecule has 0 aliphatic rings. The molecule has 0 saturated heterocycles. The van der Waals surface area contributed by atoms with Crippen LogP contribution in [0.4, 0.5) is 4.79 Å². The van der Waals surface area contributed by atoms with Gasteiger partial charge in [0, 0.05) is 0 Å². The van der Waals surface area contributed by atoms with Gasteiger partial charge in [-0.2, -0.15) is 0 Å². The summed E-state index contributed by atoms with van der Waals surface area (Å²) in [5.41, 5.74) is 4.69. The number of carboxylic acid groups (broad SMARTS) is 1. The lowest BCUT2D eigenvalue weighted by Gasteiger charge is -1.98. The summed E-state index contributed by atoms with van der Waals surface area (Å²) in [6.07, 6.45) is 0. The Kier molecular flexibility index (Phi) is 3.08. The third-order valence-electron chi connectivity index (χ3n) is 0.641. The van der Waals surface area contributed by atoms with Crippen molar-refractivity contribution in [2.75, 3.05) is 0 Å². The second-order valence-electron chi connectivity index (χ2n) is 1.42. The maximum absolute atomic E-state index is 10.0. The number of carbonyl (C=O) groups is 2. The average Bonchev–Trinajstić information content (AvgIpc) is 1.63. The van der Waals surface area contributed by atoms with Crippen molar-refractivity contribution in [2.45, 2.75) is 12.2 Å². The van der Waals surface area contributed by atoms with E-state index in [4.69, 9.17) is 10.8 Å². The maximum atomic E-state index is 10.0. The number of primary amides is 1. The van der Waals surface area contributed by atoms with Crippen LogP contribution in [-0.4, -0.2) is 21.6 Å². The highest BCUT2D eigenvalue weighted by Crippen LogP contribution is 2.08. The molecule has 52 valence electrons. The first-order valence-electron chi connectivity index (χ1n) is 2.23. The zero-order valence-corrected chi connectivity index (χ0v) is 5.64. The van der Waals surface area contributed by atoms with Crippen LogP contribution >= 0.6 is 11.8 Å². The van der Waals surface area contributed by atoms with Crippen molar-refractivity contribution in [1.29, 1.82) is 0 Å². The molecule has 0 aromatic carbocycles. The van der Waals surface area contributed by atoms with Crippen molar-refractivity contribution in [3.63, 3.8) is 0 Å². The lowest BCUT2D eigenvalue weighted by molar-refractivity contribution is -0.136. The van der Waals surface area contributed by atoms with Crippen molar-refractivity contribution in [3.8, 4) is 0 Å². The molecule has 0 fully saturated rings. The third-order valence-corrected chi connectivity index (χ3v) is 1.43. The standard InChI is InChI=1S/C4H7NO3S/c1-2(3(6)7)9-4(5)8/h2H,1H3,(H2,5,8)(H,6,7)/t2-/m1/s1. The lowest BCUT2D eigenvalue weighted by Crippen LogP contribution is -2.16. The van der Waals surface area contributed by atoms with Crippen LogP contribution in [0, 0.1) is 0 Å². The molecule has 0 aliphatic carbocycles. The zero-order valence-electron chi connectivity index (χ0n) is 4.83. The molecule has 0 bridgehead atoms. The highest BCUT2D eigenvalue weighted by molar-refractivity contribution is 8.14. The van der Waals surface area contributed by atoms with Gasteiger partial charge in [0.25, 0.3) is 5.24 Å². The molecule has 1 atom stereocenters. The minimum atomic E-state index is -1.03. The molecule has 9 heavy (non-hydrogen) atoms. The largest absolute Gasteiger partial charge is 0.480 e. The summed E-state index contributed by atoms with van der Waals surface area (Å²) in [6, 6.07) is 0. The molecular formula is C4H7NO3S. The number of nitrogens with two attached hydrogens (primary N) is 1. The molecule has 0 saturated carbocycles. The SMILES string of the molecule is C[C@@H](SC(N)=O)C(=O)O. The quantitative estimate of drug-likeness (QED) is 0.590. The van der Waals surface area contributed by atoms with E-state index < -0.39 is 16.5 Å². The van der Waals surface area contributed by atoms with Crippen molar-refractivity contribution in [2.24, 2.45) is 5.73 Å². The van der Waals surface area contributed by atoms with E-state index in [0.29, 0.717) is 11.8 Å². The van der Waals surface area contributed by atoms with Crippen LogP contribution < -0.4 is 5.73 Å². The van der Waals surface area contributed by atoms with E-state index in [9.17, 15) is 9.59 Å². The number of rotatable bonds is 2. The fraction of sp³-hybridized carbons (Fsp3) is 0.500. The van der Waals surface area contributed by atoms with E-state index in [2.05, 4.69) is 0 Å². The van der Waals surface area contributed by atoms with E-state index in [-0.39, 0.29) is 0 Å². The maximum Gasteiger partial charge on any atom is 0.316 e. The highest BCUT2D eigenvalue weighted by atomic mass is 32.2. The minimum Gasteiger partial charge on any atom is -0.480 e. The number of amides is 1. The average molecular weight is 149 g/mol. The molecule has 0 rings (SSSR count). The van der Waals surface area contributed by atoms with Crippen molar-refractivity contribution < 1.29 is 14.7 Å². The first kappa shape index (κ1) is 8.29. The molecule has 3 N–H and O–H groups in total. The second-order valence-corrected chi connectivity index (χ2v) is 2.76. The number of hydrogen-bond acceptors (Lipinski definition) is 3. The van der Waals surface area contributed by atoms with E-state index >= 15 is 0 Å². The van der Waals surface area contributed by atoms with Crippen LogP contribution in [-0.2, 0) is 4.79 Å². The summed E-state index contributed by atoms with van der Waals surface area (Å²) in [5, 5.41) is 6.79. The van der Waals surface area contributed by atoms with Gasteiger partial charge in [0.2, 0.25) is 0 Å². The summed E-state index contributed by atoms with van der Waals surface area (Å²) >= 11 is 0.602. The Bertz CT molecular complexity index is 136. The predicted octanol–water partition coefficient (Wildman–Crippen LogP) is 0.271. The molecule has 1 amide bonds. The number of carboxylic acids is 1. The zero-order chi connectivity index (χ0) is 7.44. The van der Waals surface area contributed by atoms with Crippen molar-refractivity contribution in [3.05, 3.63) is 0 Å². The van der Waals surface area contributed by atoms with E-state index in [1.807, 2.05) is 0 Å². The Hall–Kier alpha value is -0.710. The lowest BCUT2D eigenvalue weighted by atomic mass is 10.5. The first-order chi connectivity index (χ1) is 4.04. The molecule has 0 aromatic rings. The van der Waals surface area contributed by atoms with E-state index in [1.54, 1.807) is 0 Å². The summed E-state index contributed by atoms with van der Waals surface area (Å²) < 4.78 is 0. The summed E-state index contributed by atoms with van der Waals surface area (Å²) in [6.45, 7) is 1.40. The molecular weight excluding hydrogens is 142 g/mol. The third kappa shape index (κ3) is 3.84. The van der Waals surface area contributed by atoms with Crippen LogP contribution in [0.3, 0.4) is 0 Å². The topological polar surface area (TPSA) is 80.4 Å². The van der Waals surface area contributed by atoms with E-state index in [0.717, 1.165) is 0 Å². The van der Waals surface area contributed by atoms with Gasteiger partial charge in [-0.25, -0.2) is 0 Å². The van der Waals surface area contributed by atoms with Gasteiger partial charge in [0.05, 0.1) is 0 Å². The van der Waals surface area contributed by atoms with Gasteiger partial charge in [-0.15, -0.1) is 0 Å². The Balaban J connectivity index is 3.63. The molecule has 5 heteroatoms. The number of aliphatic carboxylic acids is 1. The van der Waals surface area contributed by atoms with Gasteiger partial charge in [-0.1, -0.05) is 11.8 Å². The number of thioether (sulfide) groups is 1. The molecule has 0 spiro atoms. The van der Waals surface area contributed by atoms with Crippen molar-refractivity contribution in [1.82, 2.24) is 0 Å². The number of carbonyl (C=O) groups excluding carboxylic acids is 1. The summed E-state index contributed by atoms with van der Waals surface area (Å²) in [7, 11) is 0.